The second-order valence-corrected chi connectivity index (χ2v) is 13.9. The van der Waals surface area contributed by atoms with E-state index in [-0.39, 0.29) is 0 Å². The van der Waals surface area contributed by atoms with Crippen molar-refractivity contribution in [2.45, 2.75) is 0 Å². The van der Waals surface area contributed by atoms with Crippen LogP contribution in [0.3, 0.4) is 0 Å². The number of nitrogens with zero attached hydrogens (tertiary/aromatic N) is 6. The Hall–Kier alpha value is -7.70. The number of rotatable bonds is 6. The number of hydrogen-bond donors (Lipinski definition) is 0. The molecule has 0 saturated carbocycles. The SMILES string of the molecule is c1ccc(-c2cc(-c3ccccc3)nc(-n3c4ccccc4c4ccc5c6ccccc6n(-c6nc(-c7ccccc7)cc(-c7ccccc7)n6)c5c43)n2)cc1. The molecule has 0 aliphatic heterocycles. The minimum Gasteiger partial charge on any atom is -0.276 e. The summed E-state index contributed by atoms with van der Waals surface area (Å²) < 4.78 is 4.47. The minimum atomic E-state index is 0.588. The molecule has 0 aliphatic carbocycles. The monoisotopic (exact) mass is 716 g/mol. The first-order chi connectivity index (χ1) is 27.8. The van der Waals surface area contributed by atoms with E-state index in [1.54, 1.807) is 0 Å². The summed E-state index contributed by atoms with van der Waals surface area (Å²) in [6.07, 6.45) is 0. The first-order valence-electron chi connectivity index (χ1n) is 18.7. The summed E-state index contributed by atoms with van der Waals surface area (Å²) in [4.78, 5) is 21.4. The molecule has 0 bridgehead atoms. The zero-order valence-electron chi connectivity index (χ0n) is 30.2. The number of aromatic nitrogens is 6. The fraction of sp³-hybridized carbons (Fsp3) is 0. The molecule has 0 N–H and O–H groups in total. The molecule has 11 aromatic rings. The fourth-order valence-electron chi connectivity index (χ4n) is 8.01. The Morgan fingerprint density at radius 2 is 0.554 bits per heavy atom. The van der Waals surface area contributed by atoms with Crippen LogP contribution in [-0.2, 0) is 0 Å². The van der Waals surface area contributed by atoms with Crippen molar-refractivity contribution in [3.63, 3.8) is 0 Å². The van der Waals surface area contributed by atoms with Gasteiger partial charge in [0.1, 0.15) is 0 Å². The third-order valence-corrected chi connectivity index (χ3v) is 10.6. The summed E-state index contributed by atoms with van der Waals surface area (Å²) in [5.41, 5.74) is 11.5. The highest BCUT2D eigenvalue weighted by Crippen LogP contribution is 2.42. The van der Waals surface area contributed by atoms with Gasteiger partial charge in [0.25, 0.3) is 0 Å². The third kappa shape index (κ3) is 5.19. The molecule has 56 heavy (non-hydrogen) atoms. The summed E-state index contributed by atoms with van der Waals surface area (Å²) in [6.45, 7) is 0. The Kier molecular flexibility index (Phi) is 7.38. The maximum Gasteiger partial charge on any atom is 0.235 e. The van der Waals surface area contributed by atoms with Crippen LogP contribution in [0.1, 0.15) is 0 Å². The van der Waals surface area contributed by atoms with E-state index in [1.165, 1.54) is 0 Å². The predicted octanol–water partition coefficient (Wildman–Crippen LogP) is 12.1. The van der Waals surface area contributed by atoms with Gasteiger partial charge in [0.05, 0.1) is 44.8 Å². The van der Waals surface area contributed by atoms with E-state index in [2.05, 4.69) is 179 Å². The molecular formula is C50H32N6. The summed E-state index contributed by atoms with van der Waals surface area (Å²) in [5, 5.41) is 4.41. The molecule has 6 heteroatoms. The number of hydrogen-bond acceptors (Lipinski definition) is 4. The van der Waals surface area contributed by atoms with Gasteiger partial charge in [0, 0.05) is 43.8 Å². The molecule has 6 nitrogen and oxygen atoms in total. The Morgan fingerprint density at radius 1 is 0.268 bits per heavy atom. The van der Waals surface area contributed by atoms with Crippen molar-refractivity contribution in [1.29, 1.82) is 0 Å². The molecule has 4 heterocycles. The zero-order chi connectivity index (χ0) is 37.0. The van der Waals surface area contributed by atoms with E-state index in [1.807, 2.05) is 24.3 Å². The molecule has 0 aliphatic rings. The van der Waals surface area contributed by atoms with Crippen LogP contribution >= 0.6 is 0 Å². The lowest BCUT2D eigenvalue weighted by molar-refractivity contribution is 0.979. The van der Waals surface area contributed by atoms with Gasteiger partial charge in [0.2, 0.25) is 11.9 Å². The van der Waals surface area contributed by atoms with Crippen molar-refractivity contribution in [1.82, 2.24) is 29.1 Å². The van der Waals surface area contributed by atoms with Crippen LogP contribution in [0.4, 0.5) is 0 Å². The molecule has 0 fully saturated rings. The van der Waals surface area contributed by atoms with E-state index in [0.717, 1.165) is 88.6 Å². The molecule has 0 saturated heterocycles. The zero-order valence-corrected chi connectivity index (χ0v) is 30.2. The van der Waals surface area contributed by atoms with E-state index in [4.69, 9.17) is 19.9 Å². The van der Waals surface area contributed by atoms with Crippen LogP contribution in [0.25, 0.3) is 101 Å². The molecule has 0 spiro atoms. The van der Waals surface area contributed by atoms with Crippen molar-refractivity contribution in [3.05, 3.63) is 194 Å². The van der Waals surface area contributed by atoms with Gasteiger partial charge in [-0.05, 0) is 24.3 Å². The van der Waals surface area contributed by atoms with E-state index in [0.29, 0.717) is 11.9 Å². The highest BCUT2D eigenvalue weighted by Gasteiger charge is 2.24. The Bertz CT molecular complexity index is 2890. The summed E-state index contributed by atoms with van der Waals surface area (Å²) in [7, 11) is 0. The highest BCUT2D eigenvalue weighted by molar-refractivity contribution is 6.23. The van der Waals surface area contributed by atoms with Crippen LogP contribution in [0, 0.1) is 0 Å². The van der Waals surface area contributed by atoms with E-state index >= 15 is 0 Å². The van der Waals surface area contributed by atoms with Crippen LogP contribution < -0.4 is 0 Å². The van der Waals surface area contributed by atoms with Crippen molar-refractivity contribution in [2.75, 3.05) is 0 Å². The second-order valence-electron chi connectivity index (χ2n) is 13.9. The maximum atomic E-state index is 5.35. The van der Waals surface area contributed by atoms with Crippen molar-refractivity contribution >= 4 is 43.6 Å². The van der Waals surface area contributed by atoms with Crippen LogP contribution in [-0.4, -0.2) is 29.1 Å². The van der Waals surface area contributed by atoms with Gasteiger partial charge in [-0.25, -0.2) is 19.9 Å². The van der Waals surface area contributed by atoms with Gasteiger partial charge < -0.3 is 0 Å². The molecule has 262 valence electrons. The van der Waals surface area contributed by atoms with Crippen LogP contribution in [0.15, 0.2) is 194 Å². The molecule has 7 aromatic carbocycles. The number of benzene rings is 7. The Labute approximate surface area is 322 Å². The smallest absolute Gasteiger partial charge is 0.235 e. The summed E-state index contributed by atoms with van der Waals surface area (Å²) >= 11 is 0. The molecule has 0 atom stereocenters. The van der Waals surface area contributed by atoms with Gasteiger partial charge in [-0.2, -0.15) is 0 Å². The fourth-order valence-corrected chi connectivity index (χ4v) is 8.01. The number of fused-ring (bicyclic) bond motifs is 7. The largest absolute Gasteiger partial charge is 0.276 e. The lowest BCUT2D eigenvalue weighted by Gasteiger charge is -2.14. The Morgan fingerprint density at radius 3 is 0.875 bits per heavy atom. The van der Waals surface area contributed by atoms with Crippen molar-refractivity contribution in [3.8, 4) is 56.9 Å². The molecular weight excluding hydrogens is 685 g/mol. The standard InChI is InChI=1S/C50H32N6/c1-5-17-33(18-6-1)41-31-42(34-19-7-2-8-20-34)52-49(51-41)55-45-27-15-13-25-37(45)39-29-30-40-38-26-14-16-28-46(38)56(48(40)47(39)55)50-53-43(35-21-9-3-10-22-35)32-44(54-50)36-23-11-4-12-24-36/h1-32H. The lowest BCUT2D eigenvalue weighted by atomic mass is 10.1. The first-order valence-corrected chi connectivity index (χ1v) is 18.7. The molecule has 4 aromatic heterocycles. The molecule has 0 amide bonds. The molecule has 0 radical (unpaired) electrons. The van der Waals surface area contributed by atoms with E-state index < -0.39 is 0 Å². The van der Waals surface area contributed by atoms with Gasteiger partial charge >= 0.3 is 0 Å². The molecule has 11 rings (SSSR count). The van der Waals surface area contributed by atoms with Crippen molar-refractivity contribution in [2.24, 2.45) is 0 Å². The van der Waals surface area contributed by atoms with E-state index in [9.17, 15) is 0 Å². The second kappa shape index (κ2) is 13.0. The van der Waals surface area contributed by atoms with Crippen LogP contribution in [0.2, 0.25) is 0 Å². The van der Waals surface area contributed by atoms with Crippen LogP contribution in [0.5, 0.6) is 0 Å². The van der Waals surface area contributed by atoms with Gasteiger partial charge in [-0.15, -0.1) is 0 Å². The van der Waals surface area contributed by atoms with Gasteiger partial charge in [-0.1, -0.05) is 170 Å². The first kappa shape index (κ1) is 31.8. The average Bonchev–Trinajstić information content (AvgIpc) is 3.81. The van der Waals surface area contributed by atoms with Gasteiger partial charge in [0.15, 0.2) is 0 Å². The average molecular weight is 717 g/mol. The highest BCUT2D eigenvalue weighted by atomic mass is 15.2. The minimum absolute atomic E-state index is 0.588. The molecule has 0 unspecified atom stereocenters. The predicted molar refractivity (Wildman–Crippen MR) is 228 cm³/mol. The lowest BCUT2D eigenvalue weighted by Crippen LogP contribution is -2.07. The number of para-hydroxylation sites is 2. The summed E-state index contributed by atoms with van der Waals surface area (Å²) in [6, 6.07) is 67.1. The quantitative estimate of drug-likeness (QED) is 0.172. The third-order valence-electron chi connectivity index (χ3n) is 10.6. The summed E-state index contributed by atoms with van der Waals surface area (Å²) in [5.74, 6) is 1.18. The topological polar surface area (TPSA) is 61.4 Å². The van der Waals surface area contributed by atoms with Crippen molar-refractivity contribution < 1.29 is 0 Å². The normalized spacial score (nSPS) is 11.6. The maximum absolute atomic E-state index is 5.35. The van der Waals surface area contributed by atoms with Gasteiger partial charge in [-0.3, -0.25) is 9.13 Å². The Balaban J connectivity index is 1.29.